The third kappa shape index (κ3) is 4.46. The van der Waals surface area contributed by atoms with Gasteiger partial charge >= 0.3 is 0 Å². The number of likely N-dealkylation sites (tertiary alicyclic amines) is 1. The molecule has 9 nitrogen and oxygen atoms in total. The second-order valence-corrected chi connectivity index (χ2v) is 8.32. The summed E-state index contributed by atoms with van der Waals surface area (Å²) in [6.45, 7) is -0.430. The van der Waals surface area contributed by atoms with Crippen LogP contribution >= 0.6 is 0 Å². The van der Waals surface area contributed by atoms with Crippen LogP contribution in [0, 0.1) is 17.2 Å². The summed E-state index contributed by atoms with van der Waals surface area (Å²) < 4.78 is 33.8. The van der Waals surface area contributed by atoms with E-state index in [1.54, 1.807) is 18.2 Å². The Morgan fingerprint density at radius 2 is 2.21 bits per heavy atom. The molecular formula is C22H23F2N5O4. The van der Waals surface area contributed by atoms with Crippen LogP contribution in [-0.2, 0) is 9.59 Å². The molecule has 2 aromatic rings. The Kier molecular flexibility index (Phi) is 5.93. The van der Waals surface area contributed by atoms with Crippen LogP contribution in [0.2, 0.25) is 0 Å². The second kappa shape index (κ2) is 8.69. The third-order valence-electron chi connectivity index (χ3n) is 6.06. The molecule has 2 aliphatic rings. The topological polar surface area (TPSA) is 127 Å². The number of aromatic amines is 1. The van der Waals surface area contributed by atoms with E-state index in [-0.39, 0.29) is 18.0 Å². The number of ether oxygens (including phenoxy) is 1. The van der Waals surface area contributed by atoms with Gasteiger partial charge in [0.15, 0.2) is 0 Å². The summed E-state index contributed by atoms with van der Waals surface area (Å²) in [4.78, 5) is 41.5. The Hall–Kier alpha value is -3.68. The van der Waals surface area contributed by atoms with Crippen LogP contribution in [-0.4, -0.2) is 65.8 Å². The Bertz CT molecular complexity index is 1140. The number of hydrogen-bond donors (Lipinski definition) is 3. The molecule has 3 amide bonds. The summed E-state index contributed by atoms with van der Waals surface area (Å²) in [5.74, 6) is -4.98. The van der Waals surface area contributed by atoms with Crippen LogP contribution in [0.15, 0.2) is 24.3 Å². The second-order valence-electron chi connectivity index (χ2n) is 8.32. The van der Waals surface area contributed by atoms with Crippen molar-refractivity contribution < 1.29 is 27.9 Å². The Morgan fingerprint density at radius 1 is 1.42 bits per heavy atom. The van der Waals surface area contributed by atoms with Crippen LogP contribution in [0.25, 0.3) is 10.9 Å². The molecule has 2 aliphatic heterocycles. The van der Waals surface area contributed by atoms with E-state index < -0.39 is 48.7 Å². The lowest BCUT2D eigenvalue weighted by Crippen LogP contribution is -2.49. The maximum absolute atomic E-state index is 14.3. The number of alkyl halides is 2. The minimum Gasteiger partial charge on any atom is -0.496 e. The van der Waals surface area contributed by atoms with E-state index in [4.69, 9.17) is 4.74 Å². The van der Waals surface area contributed by atoms with Crippen LogP contribution < -0.4 is 15.4 Å². The van der Waals surface area contributed by atoms with Gasteiger partial charge in [0.05, 0.1) is 19.7 Å². The maximum atomic E-state index is 14.3. The number of H-pyrrole nitrogens is 1. The first-order chi connectivity index (χ1) is 15.7. The molecule has 0 saturated carbocycles. The first kappa shape index (κ1) is 22.5. The van der Waals surface area contributed by atoms with E-state index in [9.17, 15) is 28.4 Å². The predicted octanol–water partition coefficient (Wildman–Crippen LogP) is 1.56. The highest BCUT2D eigenvalue weighted by molar-refractivity contribution is 6.02. The molecular weight excluding hydrogens is 436 g/mol. The van der Waals surface area contributed by atoms with Gasteiger partial charge in [0.25, 0.3) is 11.8 Å². The molecule has 0 bridgehead atoms. The van der Waals surface area contributed by atoms with E-state index >= 15 is 0 Å². The zero-order valence-corrected chi connectivity index (χ0v) is 17.9. The molecule has 0 spiro atoms. The normalized spacial score (nSPS) is 22.6. The fourth-order valence-electron chi connectivity index (χ4n) is 4.41. The smallest absolute Gasteiger partial charge is 0.271 e. The molecule has 3 atom stereocenters. The predicted molar refractivity (Wildman–Crippen MR) is 113 cm³/mol. The van der Waals surface area contributed by atoms with E-state index in [1.165, 1.54) is 13.2 Å². The number of carbonyl (C=O) groups excluding carboxylic acids is 3. The highest BCUT2D eigenvalue weighted by atomic mass is 19.3. The van der Waals surface area contributed by atoms with E-state index in [1.807, 2.05) is 6.07 Å². The molecule has 1 aromatic heterocycles. The van der Waals surface area contributed by atoms with Gasteiger partial charge in [-0.1, -0.05) is 6.07 Å². The van der Waals surface area contributed by atoms with Crippen molar-refractivity contribution in [3.8, 4) is 11.8 Å². The van der Waals surface area contributed by atoms with Gasteiger partial charge in [0, 0.05) is 29.8 Å². The molecule has 4 rings (SSSR count). The Morgan fingerprint density at radius 3 is 2.88 bits per heavy atom. The van der Waals surface area contributed by atoms with E-state index in [0.717, 1.165) is 4.90 Å². The molecule has 2 saturated heterocycles. The molecule has 1 aromatic carbocycles. The van der Waals surface area contributed by atoms with Gasteiger partial charge in [0.2, 0.25) is 11.8 Å². The Balaban J connectivity index is 1.53. The summed E-state index contributed by atoms with van der Waals surface area (Å²) in [5.41, 5.74) is 0.633. The van der Waals surface area contributed by atoms with Crippen molar-refractivity contribution in [2.75, 3.05) is 20.2 Å². The standard InChI is InChI=1S/C22H23F2N5O4/c1-33-18-4-2-3-15-14(18)8-16(28-15)21(32)29-11-22(23,24)9-17(29)20(31)27-13(10-25)7-12-5-6-26-19(12)30/h2-4,8,12-13,17,28H,5-7,9,11H2,1H3,(H,26,30)(H,27,31)/t12-,13-,17-/m0/s1. The zero-order valence-electron chi connectivity index (χ0n) is 17.9. The van der Waals surface area contributed by atoms with Crippen LogP contribution in [0.3, 0.4) is 0 Å². The number of benzene rings is 1. The SMILES string of the molecule is COc1cccc2[nH]c(C(=O)N3CC(F)(F)C[C@H]3C(=O)N[C@H](C#N)C[C@@H]3CCNC3=O)cc12. The third-order valence-corrected chi connectivity index (χ3v) is 6.06. The largest absolute Gasteiger partial charge is 0.496 e. The molecule has 3 N–H and O–H groups in total. The van der Waals surface area contributed by atoms with Crippen LogP contribution in [0.5, 0.6) is 5.75 Å². The number of methoxy groups -OCH3 is 1. The highest BCUT2D eigenvalue weighted by Gasteiger charge is 2.50. The molecule has 2 fully saturated rings. The number of halogens is 2. The number of aromatic nitrogens is 1. The summed E-state index contributed by atoms with van der Waals surface area (Å²) >= 11 is 0. The van der Waals surface area contributed by atoms with Crippen molar-refractivity contribution in [1.29, 1.82) is 5.26 Å². The molecule has 0 aliphatic carbocycles. The van der Waals surface area contributed by atoms with Gasteiger partial charge in [-0.25, -0.2) is 8.78 Å². The van der Waals surface area contributed by atoms with Gasteiger partial charge in [-0.05, 0) is 31.0 Å². The monoisotopic (exact) mass is 459 g/mol. The fraction of sp³-hybridized carbons (Fsp3) is 0.455. The fourth-order valence-corrected chi connectivity index (χ4v) is 4.41. The van der Waals surface area contributed by atoms with Gasteiger partial charge in [-0.3, -0.25) is 14.4 Å². The first-order valence-corrected chi connectivity index (χ1v) is 10.5. The van der Waals surface area contributed by atoms with Crippen LogP contribution in [0.4, 0.5) is 8.78 Å². The van der Waals surface area contributed by atoms with Crippen molar-refractivity contribution in [2.45, 2.75) is 37.3 Å². The number of nitrogens with zero attached hydrogens (tertiary/aromatic N) is 2. The number of nitrogens with one attached hydrogen (secondary N) is 3. The molecule has 3 heterocycles. The van der Waals surface area contributed by atoms with Crippen LogP contribution in [0.1, 0.15) is 29.8 Å². The average Bonchev–Trinajstić information content (AvgIpc) is 3.48. The van der Waals surface area contributed by atoms with Gasteiger partial charge < -0.3 is 25.3 Å². The summed E-state index contributed by atoms with van der Waals surface area (Å²) in [7, 11) is 1.48. The zero-order chi connectivity index (χ0) is 23.8. The summed E-state index contributed by atoms with van der Waals surface area (Å²) in [6, 6.07) is 6.07. The number of hydrogen-bond acceptors (Lipinski definition) is 5. The number of rotatable bonds is 6. The minimum atomic E-state index is -3.26. The van der Waals surface area contributed by atoms with E-state index in [2.05, 4.69) is 15.6 Å². The highest BCUT2D eigenvalue weighted by Crippen LogP contribution is 2.34. The quantitative estimate of drug-likeness (QED) is 0.604. The lowest BCUT2D eigenvalue weighted by atomic mass is 9.98. The lowest BCUT2D eigenvalue weighted by molar-refractivity contribution is -0.126. The van der Waals surface area contributed by atoms with E-state index in [0.29, 0.717) is 29.6 Å². The average molecular weight is 459 g/mol. The van der Waals surface area contributed by atoms with Gasteiger partial charge in [-0.15, -0.1) is 0 Å². The molecule has 0 unspecified atom stereocenters. The number of amides is 3. The molecule has 0 radical (unpaired) electrons. The maximum Gasteiger partial charge on any atom is 0.271 e. The van der Waals surface area contributed by atoms with Crippen molar-refractivity contribution >= 4 is 28.6 Å². The summed E-state index contributed by atoms with van der Waals surface area (Å²) in [6.07, 6.45) is -0.244. The van der Waals surface area contributed by atoms with Crippen molar-refractivity contribution in [2.24, 2.45) is 5.92 Å². The number of fused-ring (bicyclic) bond motifs is 1. The minimum absolute atomic E-state index is 0.0458. The number of carbonyl (C=O) groups is 3. The van der Waals surface area contributed by atoms with Crippen molar-refractivity contribution in [3.05, 3.63) is 30.0 Å². The van der Waals surface area contributed by atoms with Gasteiger partial charge in [0.1, 0.15) is 23.5 Å². The lowest BCUT2D eigenvalue weighted by Gasteiger charge is -2.24. The molecule has 174 valence electrons. The summed E-state index contributed by atoms with van der Waals surface area (Å²) in [5, 5.41) is 15.1. The Labute approximate surface area is 188 Å². The van der Waals surface area contributed by atoms with Crippen molar-refractivity contribution in [1.82, 2.24) is 20.5 Å². The molecule has 11 heteroatoms. The first-order valence-electron chi connectivity index (χ1n) is 10.5. The molecule has 33 heavy (non-hydrogen) atoms. The number of nitriles is 1. The van der Waals surface area contributed by atoms with Gasteiger partial charge in [-0.2, -0.15) is 5.26 Å². The van der Waals surface area contributed by atoms with Crippen molar-refractivity contribution in [3.63, 3.8) is 0 Å².